The van der Waals surface area contributed by atoms with E-state index in [9.17, 15) is 13.2 Å². The molecule has 3 rings (SSSR count). The number of rotatable bonds is 2. The van der Waals surface area contributed by atoms with Gasteiger partial charge in [0.1, 0.15) is 10.5 Å². The number of benzene rings is 1. The van der Waals surface area contributed by atoms with Gasteiger partial charge in [0.15, 0.2) is 0 Å². The van der Waals surface area contributed by atoms with E-state index >= 15 is 0 Å². The summed E-state index contributed by atoms with van der Waals surface area (Å²) in [7, 11) is -3.73. The largest absolute Gasteiger partial charge is 0.305 e. The maximum atomic E-state index is 11.9. The zero-order valence-electron chi connectivity index (χ0n) is 10.0. The molecule has 3 N–H and O–H groups in total. The van der Waals surface area contributed by atoms with E-state index in [4.69, 9.17) is 5.14 Å². The fourth-order valence-corrected chi connectivity index (χ4v) is 3.05. The molecule has 0 amide bonds. The Kier molecular flexibility index (Phi) is 2.93. The number of nitrogens with one attached hydrogen (secondary N) is 1. The minimum atomic E-state index is -3.73. The van der Waals surface area contributed by atoms with E-state index < -0.39 is 10.0 Å². The molecule has 1 aromatic carbocycles. The van der Waals surface area contributed by atoms with Crippen molar-refractivity contribution < 1.29 is 8.42 Å². The number of thiophene rings is 1. The number of aromatic amines is 1. The first-order valence-corrected chi connectivity index (χ1v) is 7.98. The van der Waals surface area contributed by atoms with Crippen molar-refractivity contribution in [3.05, 3.63) is 46.1 Å². The van der Waals surface area contributed by atoms with Crippen LogP contribution in [0.4, 0.5) is 0 Å². The van der Waals surface area contributed by atoms with Crippen molar-refractivity contribution in [3.63, 3.8) is 0 Å². The molecule has 2 aromatic heterocycles. The molecule has 0 aliphatic rings. The van der Waals surface area contributed by atoms with Gasteiger partial charge in [0.2, 0.25) is 10.0 Å². The highest BCUT2D eigenvalue weighted by Crippen LogP contribution is 2.20. The molecule has 0 radical (unpaired) electrons. The Balaban J connectivity index is 2.13. The molecule has 0 aliphatic carbocycles. The summed E-state index contributed by atoms with van der Waals surface area (Å²) in [6.45, 7) is 0. The van der Waals surface area contributed by atoms with E-state index in [2.05, 4.69) is 9.97 Å². The van der Waals surface area contributed by atoms with Gasteiger partial charge in [0, 0.05) is 5.56 Å². The van der Waals surface area contributed by atoms with Crippen LogP contribution in [0.2, 0.25) is 0 Å². The fourth-order valence-electron chi connectivity index (χ4n) is 1.81. The number of hydrogen-bond acceptors (Lipinski definition) is 5. The second-order valence-corrected chi connectivity index (χ2v) is 6.60. The number of hydrogen-bond donors (Lipinski definition) is 2. The lowest BCUT2D eigenvalue weighted by Gasteiger charge is -2.02. The third kappa shape index (κ3) is 2.24. The number of fused-ring (bicyclic) bond motifs is 1. The molecule has 0 atom stereocenters. The van der Waals surface area contributed by atoms with Gasteiger partial charge in [-0.3, -0.25) is 4.79 Å². The Hall–Kier alpha value is -2.03. The van der Waals surface area contributed by atoms with Crippen molar-refractivity contribution in [2.75, 3.05) is 0 Å². The van der Waals surface area contributed by atoms with Crippen molar-refractivity contribution >= 4 is 31.6 Å². The predicted octanol–water partition coefficient (Wildman–Crippen LogP) is 1.30. The predicted molar refractivity (Wildman–Crippen MR) is 77.0 cm³/mol. The SMILES string of the molecule is NS(=O)(=O)c1ccc(-c2nc3ccsc3c(=O)[nH]2)cc1. The summed E-state index contributed by atoms with van der Waals surface area (Å²) in [5.41, 5.74) is 1.02. The van der Waals surface area contributed by atoms with Crippen LogP contribution in [0, 0.1) is 0 Å². The molecular formula is C12H9N3O3S2. The van der Waals surface area contributed by atoms with Crippen molar-refractivity contribution in [3.8, 4) is 11.4 Å². The summed E-state index contributed by atoms with van der Waals surface area (Å²) in [6.07, 6.45) is 0. The Morgan fingerprint density at radius 1 is 1.15 bits per heavy atom. The van der Waals surface area contributed by atoms with Crippen LogP contribution in [-0.4, -0.2) is 18.4 Å². The first-order valence-electron chi connectivity index (χ1n) is 5.56. The molecule has 8 heteroatoms. The zero-order chi connectivity index (χ0) is 14.3. The Bertz CT molecular complexity index is 940. The van der Waals surface area contributed by atoms with Crippen LogP contribution in [0.1, 0.15) is 0 Å². The molecule has 0 aliphatic heterocycles. The van der Waals surface area contributed by atoms with E-state index in [0.717, 1.165) is 0 Å². The van der Waals surface area contributed by atoms with Gasteiger partial charge >= 0.3 is 0 Å². The molecule has 102 valence electrons. The van der Waals surface area contributed by atoms with Crippen molar-refractivity contribution in [1.82, 2.24) is 9.97 Å². The van der Waals surface area contributed by atoms with E-state index in [0.29, 0.717) is 21.6 Å². The van der Waals surface area contributed by atoms with Gasteiger partial charge in [-0.05, 0) is 35.7 Å². The van der Waals surface area contributed by atoms with E-state index in [1.165, 1.54) is 23.5 Å². The van der Waals surface area contributed by atoms with Crippen LogP contribution in [0.25, 0.3) is 21.6 Å². The minimum absolute atomic E-state index is 0.0141. The van der Waals surface area contributed by atoms with Crippen LogP contribution in [0.5, 0.6) is 0 Å². The molecule has 2 heterocycles. The number of sulfonamides is 1. The third-order valence-corrected chi connectivity index (χ3v) is 4.60. The average molecular weight is 307 g/mol. The van der Waals surface area contributed by atoms with Gasteiger partial charge in [-0.15, -0.1) is 11.3 Å². The van der Waals surface area contributed by atoms with Crippen LogP contribution < -0.4 is 10.7 Å². The molecule has 6 nitrogen and oxygen atoms in total. The van der Waals surface area contributed by atoms with Crippen LogP contribution in [0.15, 0.2) is 45.4 Å². The van der Waals surface area contributed by atoms with Crippen molar-refractivity contribution in [2.45, 2.75) is 4.90 Å². The average Bonchev–Trinajstić information content (AvgIpc) is 2.86. The molecule has 0 fully saturated rings. The molecule has 0 bridgehead atoms. The minimum Gasteiger partial charge on any atom is -0.305 e. The maximum absolute atomic E-state index is 11.9. The van der Waals surface area contributed by atoms with E-state index in [1.54, 1.807) is 23.6 Å². The smallest absolute Gasteiger partial charge is 0.269 e. The summed E-state index contributed by atoms with van der Waals surface area (Å²) in [6, 6.07) is 7.62. The normalized spacial score (nSPS) is 11.8. The number of primary sulfonamides is 1. The molecule has 0 saturated heterocycles. The Morgan fingerprint density at radius 2 is 1.85 bits per heavy atom. The van der Waals surface area contributed by atoms with Gasteiger partial charge in [0.05, 0.1) is 10.4 Å². The first-order chi connectivity index (χ1) is 9.45. The maximum Gasteiger partial charge on any atom is 0.269 e. The standard InChI is InChI=1S/C12H9N3O3S2/c13-20(17,18)8-3-1-7(2-4-8)11-14-9-5-6-19-10(9)12(16)15-11/h1-6H,(H2,13,17,18)(H,14,15,16). The summed E-state index contributed by atoms with van der Waals surface area (Å²) in [4.78, 5) is 18.9. The topological polar surface area (TPSA) is 106 Å². The summed E-state index contributed by atoms with van der Waals surface area (Å²) < 4.78 is 22.9. The van der Waals surface area contributed by atoms with E-state index in [-0.39, 0.29) is 10.5 Å². The third-order valence-electron chi connectivity index (χ3n) is 2.77. The lowest BCUT2D eigenvalue weighted by molar-refractivity contribution is 0.598. The number of H-pyrrole nitrogens is 1. The van der Waals surface area contributed by atoms with Crippen LogP contribution in [0.3, 0.4) is 0 Å². The molecule has 0 spiro atoms. The highest BCUT2D eigenvalue weighted by molar-refractivity contribution is 7.89. The number of nitrogens with zero attached hydrogens (tertiary/aromatic N) is 1. The summed E-state index contributed by atoms with van der Waals surface area (Å²) in [5.74, 6) is 0.391. The summed E-state index contributed by atoms with van der Waals surface area (Å²) >= 11 is 1.32. The zero-order valence-corrected chi connectivity index (χ0v) is 11.7. The molecule has 20 heavy (non-hydrogen) atoms. The quantitative estimate of drug-likeness (QED) is 0.744. The molecule has 0 unspecified atom stereocenters. The molecule has 0 saturated carbocycles. The van der Waals surface area contributed by atoms with E-state index in [1.807, 2.05) is 0 Å². The fraction of sp³-hybridized carbons (Fsp3) is 0. The van der Waals surface area contributed by atoms with Gasteiger partial charge in [0.25, 0.3) is 5.56 Å². The number of nitrogens with two attached hydrogens (primary N) is 1. The second-order valence-electron chi connectivity index (χ2n) is 4.12. The monoisotopic (exact) mass is 307 g/mol. The second kappa shape index (κ2) is 4.51. The lowest BCUT2D eigenvalue weighted by Crippen LogP contribution is -2.12. The van der Waals surface area contributed by atoms with Crippen molar-refractivity contribution in [1.29, 1.82) is 0 Å². The van der Waals surface area contributed by atoms with Crippen molar-refractivity contribution in [2.24, 2.45) is 5.14 Å². The first kappa shape index (κ1) is 13.0. The summed E-state index contributed by atoms with van der Waals surface area (Å²) in [5, 5.41) is 6.82. The number of aromatic nitrogens is 2. The Labute approximate surface area is 118 Å². The molecular weight excluding hydrogens is 298 g/mol. The van der Waals surface area contributed by atoms with Gasteiger partial charge in [-0.1, -0.05) is 0 Å². The Morgan fingerprint density at radius 3 is 2.50 bits per heavy atom. The van der Waals surface area contributed by atoms with Gasteiger partial charge in [-0.2, -0.15) is 0 Å². The van der Waals surface area contributed by atoms with Gasteiger partial charge < -0.3 is 4.98 Å². The highest BCUT2D eigenvalue weighted by Gasteiger charge is 2.10. The van der Waals surface area contributed by atoms with Crippen LogP contribution in [-0.2, 0) is 10.0 Å². The van der Waals surface area contributed by atoms with Crippen LogP contribution >= 0.6 is 11.3 Å². The highest BCUT2D eigenvalue weighted by atomic mass is 32.2. The lowest BCUT2D eigenvalue weighted by atomic mass is 10.2. The van der Waals surface area contributed by atoms with Gasteiger partial charge in [-0.25, -0.2) is 18.5 Å². The molecule has 3 aromatic rings.